The second-order valence-corrected chi connectivity index (χ2v) is 8.71. The molecule has 1 aliphatic carbocycles. The first-order valence-corrected chi connectivity index (χ1v) is 10.4. The fourth-order valence-electron chi connectivity index (χ4n) is 3.66. The predicted molar refractivity (Wildman–Crippen MR) is 93.1 cm³/mol. The van der Waals surface area contributed by atoms with E-state index < -0.39 is 10.0 Å². The smallest absolute Gasteiger partial charge is 0.243 e. The summed E-state index contributed by atoms with van der Waals surface area (Å²) < 4.78 is 28.7. The van der Waals surface area contributed by atoms with Crippen molar-refractivity contribution in [2.75, 3.05) is 13.1 Å². The predicted octanol–water partition coefficient (Wildman–Crippen LogP) is 3.01. The van der Waals surface area contributed by atoms with Crippen LogP contribution in [0, 0.1) is 0 Å². The molecule has 2 aliphatic rings. The molecule has 0 amide bonds. The number of piperidine rings is 1. The molecule has 1 aliphatic heterocycles. The molecule has 0 aromatic heterocycles. The molecule has 1 heterocycles. The zero-order chi connectivity index (χ0) is 17.0. The Hall–Kier alpha value is -1.40. The van der Waals surface area contributed by atoms with E-state index in [1.54, 1.807) is 28.7 Å². The standard InChI is InChI=1S/C18H27N2O3S/c21-20(17-10-3-1-4-11-17)15-16-9-5-6-12-18(16)24(22,23)19-13-7-2-8-14-19/h5-6,9,12,15,17,21H,1-4,7-8,10-11,13-14H2/q+1/b20-15-. The number of hydroxylamine groups is 1. The second-order valence-electron chi connectivity index (χ2n) is 6.80. The normalized spacial score (nSPS) is 21.8. The molecule has 0 unspecified atom stereocenters. The zero-order valence-corrected chi connectivity index (χ0v) is 14.9. The van der Waals surface area contributed by atoms with Crippen molar-refractivity contribution in [3.63, 3.8) is 0 Å². The molecule has 6 heteroatoms. The molecule has 0 spiro atoms. The maximum atomic E-state index is 13.0. The lowest BCUT2D eigenvalue weighted by Crippen LogP contribution is -2.36. The highest BCUT2D eigenvalue weighted by atomic mass is 32.2. The quantitative estimate of drug-likeness (QED) is 0.393. The summed E-state index contributed by atoms with van der Waals surface area (Å²) >= 11 is 0. The highest BCUT2D eigenvalue weighted by molar-refractivity contribution is 7.89. The molecular weight excluding hydrogens is 324 g/mol. The van der Waals surface area contributed by atoms with Gasteiger partial charge in [-0.25, -0.2) is 8.42 Å². The highest BCUT2D eigenvalue weighted by Crippen LogP contribution is 2.24. The van der Waals surface area contributed by atoms with Crippen molar-refractivity contribution >= 4 is 16.2 Å². The van der Waals surface area contributed by atoms with Gasteiger partial charge in [0.2, 0.25) is 22.3 Å². The minimum Gasteiger partial charge on any atom is -0.291 e. The Labute approximate surface area is 144 Å². The summed E-state index contributed by atoms with van der Waals surface area (Å²) in [5.41, 5.74) is 0.566. The lowest BCUT2D eigenvalue weighted by molar-refractivity contribution is -0.797. The van der Waals surface area contributed by atoms with Crippen molar-refractivity contribution < 1.29 is 18.4 Å². The minimum absolute atomic E-state index is 0.0875. The Morgan fingerprint density at radius 1 is 1.00 bits per heavy atom. The van der Waals surface area contributed by atoms with Crippen LogP contribution in [0.25, 0.3) is 0 Å². The van der Waals surface area contributed by atoms with Gasteiger partial charge in [0.05, 0.1) is 10.5 Å². The van der Waals surface area contributed by atoms with E-state index in [-0.39, 0.29) is 6.04 Å². The van der Waals surface area contributed by atoms with Crippen LogP contribution in [0.1, 0.15) is 56.9 Å². The zero-order valence-electron chi connectivity index (χ0n) is 14.1. The summed E-state index contributed by atoms with van der Waals surface area (Å²) in [5.74, 6) is 0. The first-order chi connectivity index (χ1) is 11.6. The molecule has 0 atom stereocenters. The molecule has 3 rings (SSSR count). The lowest BCUT2D eigenvalue weighted by atomic mass is 9.96. The van der Waals surface area contributed by atoms with Gasteiger partial charge in [0.25, 0.3) is 0 Å². The van der Waals surface area contributed by atoms with E-state index in [9.17, 15) is 13.6 Å². The molecular formula is C18H27N2O3S+. The van der Waals surface area contributed by atoms with Gasteiger partial charge in [-0.15, -0.1) is 0 Å². The number of hydrogen-bond donors (Lipinski definition) is 1. The van der Waals surface area contributed by atoms with Gasteiger partial charge in [-0.05, 0) is 42.6 Å². The van der Waals surface area contributed by atoms with Gasteiger partial charge >= 0.3 is 0 Å². The highest BCUT2D eigenvalue weighted by Gasteiger charge is 2.30. The molecule has 132 valence electrons. The van der Waals surface area contributed by atoms with Crippen molar-refractivity contribution in [1.29, 1.82) is 0 Å². The molecule has 1 aromatic rings. The van der Waals surface area contributed by atoms with Crippen molar-refractivity contribution in [2.45, 2.75) is 62.3 Å². The van der Waals surface area contributed by atoms with Gasteiger partial charge in [0.15, 0.2) is 0 Å². The second kappa shape index (κ2) is 7.66. The minimum atomic E-state index is -3.50. The van der Waals surface area contributed by atoms with Crippen LogP contribution in [-0.4, -0.2) is 48.0 Å². The van der Waals surface area contributed by atoms with Gasteiger partial charge in [-0.2, -0.15) is 4.31 Å². The number of benzene rings is 1. The van der Waals surface area contributed by atoms with Crippen LogP contribution in [0.3, 0.4) is 0 Å². The van der Waals surface area contributed by atoms with Crippen molar-refractivity contribution in [1.82, 2.24) is 4.31 Å². The van der Waals surface area contributed by atoms with Crippen LogP contribution in [0.5, 0.6) is 0 Å². The molecule has 2 fully saturated rings. The van der Waals surface area contributed by atoms with Crippen molar-refractivity contribution in [3.8, 4) is 0 Å². The van der Waals surface area contributed by atoms with Gasteiger partial charge in [-0.3, -0.25) is 5.21 Å². The van der Waals surface area contributed by atoms with Crippen LogP contribution >= 0.6 is 0 Å². The Morgan fingerprint density at radius 3 is 2.33 bits per heavy atom. The summed E-state index contributed by atoms with van der Waals surface area (Å²) in [6.07, 6.45) is 9.86. The molecule has 1 saturated heterocycles. The monoisotopic (exact) mass is 351 g/mol. The van der Waals surface area contributed by atoms with Crippen LogP contribution < -0.4 is 0 Å². The van der Waals surface area contributed by atoms with E-state index in [1.807, 2.05) is 6.07 Å². The van der Waals surface area contributed by atoms with Gasteiger partial charge in [0, 0.05) is 25.9 Å². The first kappa shape index (κ1) is 17.4. The molecule has 1 saturated carbocycles. The molecule has 0 radical (unpaired) electrons. The maximum absolute atomic E-state index is 13.0. The van der Waals surface area contributed by atoms with E-state index >= 15 is 0 Å². The van der Waals surface area contributed by atoms with Crippen molar-refractivity contribution in [3.05, 3.63) is 29.8 Å². The lowest BCUT2D eigenvalue weighted by Gasteiger charge is -2.26. The van der Waals surface area contributed by atoms with E-state index in [4.69, 9.17) is 0 Å². The Morgan fingerprint density at radius 2 is 1.62 bits per heavy atom. The number of rotatable bonds is 4. The maximum Gasteiger partial charge on any atom is 0.243 e. The Kier molecular flexibility index (Phi) is 5.56. The van der Waals surface area contributed by atoms with E-state index in [0.29, 0.717) is 23.5 Å². The fourth-order valence-corrected chi connectivity index (χ4v) is 5.35. The third-order valence-electron chi connectivity index (χ3n) is 5.07. The molecule has 1 aromatic carbocycles. The summed E-state index contributed by atoms with van der Waals surface area (Å²) in [7, 11) is -3.50. The number of hydrogen-bond acceptors (Lipinski definition) is 3. The molecule has 24 heavy (non-hydrogen) atoms. The topological polar surface area (TPSA) is 60.6 Å². The molecule has 5 nitrogen and oxygen atoms in total. The first-order valence-electron chi connectivity index (χ1n) is 9.00. The largest absolute Gasteiger partial charge is 0.291 e. The summed E-state index contributed by atoms with van der Waals surface area (Å²) in [6, 6.07) is 7.06. The van der Waals surface area contributed by atoms with E-state index in [2.05, 4.69) is 0 Å². The molecule has 1 N–H and O–H groups in total. The third-order valence-corrected chi connectivity index (χ3v) is 7.04. The summed E-state index contributed by atoms with van der Waals surface area (Å²) in [6.45, 7) is 1.17. The Balaban J connectivity index is 1.89. The summed E-state index contributed by atoms with van der Waals surface area (Å²) in [5, 5.41) is 10.4. The van der Waals surface area contributed by atoms with Gasteiger partial charge in [-0.1, -0.05) is 25.0 Å². The van der Waals surface area contributed by atoms with Crippen LogP contribution in [-0.2, 0) is 10.0 Å². The fraction of sp³-hybridized carbons (Fsp3) is 0.611. The van der Waals surface area contributed by atoms with Crippen LogP contribution in [0.15, 0.2) is 29.2 Å². The summed E-state index contributed by atoms with van der Waals surface area (Å²) in [4.78, 5) is 0.293. The average molecular weight is 351 g/mol. The van der Waals surface area contributed by atoms with Gasteiger partial charge < -0.3 is 0 Å². The van der Waals surface area contributed by atoms with Crippen LogP contribution in [0.2, 0.25) is 0 Å². The van der Waals surface area contributed by atoms with Crippen molar-refractivity contribution in [2.24, 2.45) is 0 Å². The number of sulfonamides is 1. The Bertz CT molecular complexity index is 688. The average Bonchev–Trinajstić information content (AvgIpc) is 2.63. The van der Waals surface area contributed by atoms with Crippen LogP contribution in [0.4, 0.5) is 0 Å². The number of nitrogens with zero attached hydrogens (tertiary/aromatic N) is 2. The third kappa shape index (κ3) is 3.81. The van der Waals surface area contributed by atoms with Gasteiger partial charge in [0.1, 0.15) is 0 Å². The SMILES string of the molecule is O=S(=O)(c1ccccc1/C=[N+](\O)C1CCCCC1)N1CCCCC1. The molecule has 0 bridgehead atoms. The van der Waals surface area contributed by atoms with E-state index in [1.165, 1.54) is 11.2 Å². The van der Waals surface area contributed by atoms with E-state index in [0.717, 1.165) is 44.9 Å².